The maximum absolute atomic E-state index is 11.3. The molecule has 1 amide bonds. The number of carboxylic acids is 1. The van der Waals surface area contributed by atoms with Crippen molar-refractivity contribution in [3.05, 3.63) is 0 Å². The minimum Gasteiger partial charge on any atom is -0.477 e. The van der Waals surface area contributed by atoms with Crippen LogP contribution in [0.1, 0.15) is 13.3 Å². The van der Waals surface area contributed by atoms with Gasteiger partial charge in [0.2, 0.25) is 5.91 Å². The number of aliphatic carboxylic acids is 1. The number of carboxylic acid groups (broad SMARTS) is 1. The third-order valence-corrected chi connectivity index (χ3v) is 3.52. The molecule has 6 atom stereocenters. The van der Waals surface area contributed by atoms with E-state index in [4.69, 9.17) is 14.6 Å². The van der Waals surface area contributed by atoms with Crippen LogP contribution in [0.4, 0.5) is 0 Å². The minimum atomic E-state index is -2.24. The van der Waals surface area contributed by atoms with Gasteiger partial charge in [0.05, 0.1) is 18.8 Å². The van der Waals surface area contributed by atoms with Crippen molar-refractivity contribution < 1.29 is 44.6 Å². The van der Waals surface area contributed by atoms with Gasteiger partial charge in [-0.15, -0.1) is 0 Å². The van der Waals surface area contributed by atoms with Crippen LogP contribution in [-0.2, 0) is 19.1 Å². The highest BCUT2D eigenvalue weighted by molar-refractivity contribution is 5.76. The smallest absolute Gasteiger partial charge is 0.364 e. The molecule has 0 aromatic carbocycles. The molecule has 1 aliphatic rings. The fourth-order valence-electron chi connectivity index (χ4n) is 2.34. The minimum absolute atomic E-state index is 0.498. The van der Waals surface area contributed by atoms with Gasteiger partial charge in [-0.2, -0.15) is 0 Å². The van der Waals surface area contributed by atoms with Crippen molar-refractivity contribution in [2.75, 3.05) is 13.7 Å². The predicted molar refractivity (Wildman–Crippen MR) is 69.6 cm³/mol. The van der Waals surface area contributed by atoms with Gasteiger partial charge in [0, 0.05) is 20.5 Å². The van der Waals surface area contributed by atoms with Gasteiger partial charge in [-0.3, -0.25) is 4.79 Å². The molecule has 0 radical (unpaired) electrons. The summed E-state index contributed by atoms with van der Waals surface area (Å²) in [6, 6.07) is -1.18. The van der Waals surface area contributed by atoms with Gasteiger partial charge in [-0.1, -0.05) is 0 Å². The standard InChI is InChI=1S/C12H21NO9/c1-5(15)13-8-6(16)3-12(21-2,11(19)20)22-10(8)9(18)7(17)4-14/h6-10,14,16-18H,3-4H2,1-2H3,(H,13,15)(H,19,20)/t6-,7?,8+,9?,10+,12?/m0/s1. The van der Waals surface area contributed by atoms with Crippen LogP contribution in [0.5, 0.6) is 0 Å². The first-order chi connectivity index (χ1) is 10.2. The Morgan fingerprint density at radius 1 is 1.45 bits per heavy atom. The quantitative estimate of drug-likeness (QED) is 0.295. The van der Waals surface area contributed by atoms with E-state index in [9.17, 15) is 30.0 Å². The molecule has 1 rings (SSSR count). The molecule has 0 spiro atoms. The number of methoxy groups -OCH3 is 1. The van der Waals surface area contributed by atoms with E-state index in [0.29, 0.717) is 0 Å². The van der Waals surface area contributed by atoms with Gasteiger partial charge < -0.3 is 40.3 Å². The zero-order valence-electron chi connectivity index (χ0n) is 12.2. The van der Waals surface area contributed by atoms with Crippen molar-refractivity contribution >= 4 is 11.9 Å². The number of aliphatic hydroxyl groups excluding tert-OH is 4. The van der Waals surface area contributed by atoms with Crippen LogP contribution in [0, 0.1) is 0 Å². The van der Waals surface area contributed by atoms with E-state index in [-0.39, 0.29) is 0 Å². The molecule has 0 saturated carbocycles. The highest BCUT2D eigenvalue weighted by atomic mass is 16.7. The largest absolute Gasteiger partial charge is 0.477 e. The lowest BCUT2D eigenvalue weighted by Gasteiger charge is -2.46. The average molecular weight is 323 g/mol. The van der Waals surface area contributed by atoms with E-state index in [1.54, 1.807) is 0 Å². The summed E-state index contributed by atoms with van der Waals surface area (Å²) < 4.78 is 10.0. The van der Waals surface area contributed by atoms with Gasteiger partial charge in [0.25, 0.3) is 5.79 Å². The van der Waals surface area contributed by atoms with Crippen molar-refractivity contribution in [1.29, 1.82) is 0 Å². The Balaban J connectivity index is 3.14. The fraction of sp³-hybridized carbons (Fsp3) is 0.833. The zero-order chi connectivity index (χ0) is 17.1. The third-order valence-electron chi connectivity index (χ3n) is 3.52. The Kier molecular flexibility index (Phi) is 6.23. The monoisotopic (exact) mass is 323 g/mol. The predicted octanol–water partition coefficient (Wildman–Crippen LogP) is -3.22. The molecule has 6 N–H and O–H groups in total. The number of ether oxygens (including phenoxy) is 2. The normalized spacial score (nSPS) is 34.7. The van der Waals surface area contributed by atoms with E-state index < -0.39 is 61.1 Å². The second-order valence-corrected chi connectivity index (χ2v) is 5.08. The van der Waals surface area contributed by atoms with Crippen molar-refractivity contribution in [1.82, 2.24) is 5.32 Å². The fourth-order valence-corrected chi connectivity index (χ4v) is 2.34. The summed E-state index contributed by atoms with van der Waals surface area (Å²) >= 11 is 0. The van der Waals surface area contributed by atoms with Crippen molar-refractivity contribution in [2.45, 2.75) is 49.6 Å². The van der Waals surface area contributed by atoms with Crippen LogP contribution >= 0.6 is 0 Å². The lowest BCUT2D eigenvalue weighted by Crippen LogP contribution is -2.67. The zero-order valence-corrected chi connectivity index (χ0v) is 12.2. The highest BCUT2D eigenvalue weighted by Crippen LogP contribution is 2.32. The Morgan fingerprint density at radius 3 is 2.45 bits per heavy atom. The summed E-state index contributed by atoms with van der Waals surface area (Å²) in [6.45, 7) is 0.338. The van der Waals surface area contributed by atoms with Crippen LogP contribution in [0.2, 0.25) is 0 Å². The van der Waals surface area contributed by atoms with Gasteiger partial charge in [-0.25, -0.2) is 4.79 Å². The molecule has 0 aromatic heterocycles. The van der Waals surface area contributed by atoms with Gasteiger partial charge in [-0.05, 0) is 0 Å². The van der Waals surface area contributed by atoms with Crippen molar-refractivity contribution in [3.63, 3.8) is 0 Å². The topological polar surface area (TPSA) is 166 Å². The first-order valence-electron chi connectivity index (χ1n) is 6.57. The highest BCUT2D eigenvalue weighted by Gasteiger charge is 2.55. The summed E-state index contributed by atoms with van der Waals surface area (Å²) in [5, 5.41) is 50.1. The number of rotatable bonds is 6. The molecule has 10 nitrogen and oxygen atoms in total. The third kappa shape index (κ3) is 3.72. The first-order valence-corrected chi connectivity index (χ1v) is 6.57. The maximum Gasteiger partial charge on any atom is 0.364 e. The molecule has 3 unspecified atom stereocenters. The summed E-state index contributed by atoms with van der Waals surface area (Å²) in [5.41, 5.74) is 0. The first kappa shape index (κ1) is 18.7. The van der Waals surface area contributed by atoms with Gasteiger partial charge in [0.15, 0.2) is 0 Å². The van der Waals surface area contributed by atoms with Crippen molar-refractivity contribution in [2.24, 2.45) is 0 Å². The second-order valence-electron chi connectivity index (χ2n) is 5.08. The van der Waals surface area contributed by atoms with Gasteiger partial charge in [0.1, 0.15) is 18.3 Å². The number of aliphatic hydroxyl groups is 4. The van der Waals surface area contributed by atoms with Crippen LogP contribution in [0.25, 0.3) is 0 Å². The molecule has 1 aliphatic heterocycles. The average Bonchev–Trinajstić information content (AvgIpc) is 2.46. The summed E-state index contributed by atoms with van der Waals surface area (Å²) in [5.74, 6) is -4.33. The van der Waals surface area contributed by atoms with Crippen molar-refractivity contribution in [3.8, 4) is 0 Å². The molecule has 0 bridgehead atoms. The van der Waals surface area contributed by atoms with Crippen LogP contribution in [0.3, 0.4) is 0 Å². The Hall–Kier alpha value is -1.30. The Morgan fingerprint density at radius 2 is 2.05 bits per heavy atom. The van der Waals surface area contributed by atoms with E-state index in [1.165, 1.54) is 0 Å². The Labute approximate surface area is 126 Å². The number of hydrogen-bond acceptors (Lipinski definition) is 8. The number of amides is 1. The lowest BCUT2D eigenvalue weighted by atomic mass is 9.88. The van der Waals surface area contributed by atoms with Gasteiger partial charge >= 0.3 is 5.97 Å². The maximum atomic E-state index is 11.3. The number of carbonyl (C=O) groups is 2. The number of hydrogen-bond donors (Lipinski definition) is 6. The molecule has 0 aromatic rings. The Bertz CT molecular complexity index is 417. The van der Waals surface area contributed by atoms with Crippen LogP contribution < -0.4 is 5.32 Å². The molecule has 1 heterocycles. The summed E-state index contributed by atoms with van der Waals surface area (Å²) in [7, 11) is 1.05. The molecule has 1 fully saturated rings. The summed E-state index contributed by atoms with van der Waals surface area (Å²) in [6.07, 6.45) is -6.84. The van der Waals surface area contributed by atoms with E-state index >= 15 is 0 Å². The molecular weight excluding hydrogens is 302 g/mol. The van der Waals surface area contributed by atoms with E-state index in [2.05, 4.69) is 5.32 Å². The van der Waals surface area contributed by atoms with Crippen LogP contribution in [0.15, 0.2) is 0 Å². The van der Waals surface area contributed by atoms with E-state index in [0.717, 1.165) is 14.0 Å². The summed E-state index contributed by atoms with van der Waals surface area (Å²) in [4.78, 5) is 22.6. The van der Waals surface area contributed by atoms with Crippen LogP contribution in [-0.4, -0.2) is 87.4 Å². The lowest BCUT2D eigenvalue weighted by molar-refractivity contribution is -0.303. The molecule has 128 valence electrons. The number of carbonyl (C=O) groups excluding carboxylic acids is 1. The number of nitrogens with one attached hydrogen (secondary N) is 1. The molecule has 1 saturated heterocycles. The molecule has 10 heteroatoms. The SMILES string of the molecule is COC1(C(=O)O)C[C@H](O)[C@@H](NC(C)=O)[C@H](C(O)C(O)CO)O1. The second kappa shape index (κ2) is 7.31. The van der Waals surface area contributed by atoms with E-state index in [1.807, 2.05) is 0 Å². The molecule has 22 heavy (non-hydrogen) atoms. The molecular formula is C12H21NO9. The molecule has 0 aliphatic carbocycles.